The minimum Gasteiger partial charge on any atom is -0.294 e. The molecule has 1 aliphatic carbocycles. The SMILES string of the molecule is CC(=O)c1cc(C)ccc1Cl.N#CC1CC1. The van der Waals surface area contributed by atoms with Crippen LogP contribution in [0, 0.1) is 24.2 Å². The van der Waals surface area contributed by atoms with E-state index >= 15 is 0 Å². The van der Waals surface area contributed by atoms with E-state index < -0.39 is 0 Å². The van der Waals surface area contributed by atoms with Crippen LogP contribution in [0.15, 0.2) is 18.2 Å². The van der Waals surface area contributed by atoms with Crippen molar-refractivity contribution in [1.82, 2.24) is 0 Å². The van der Waals surface area contributed by atoms with E-state index in [9.17, 15) is 4.79 Å². The van der Waals surface area contributed by atoms with E-state index in [0.717, 1.165) is 18.4 Å². The molecule has 0 unspecified atom stereocenters. The first-order chi connectivity index (χ1) is 7.54. The lowest BCUT2D eigenvalue weighted by Gasteiger charge is -1.99. The fourth-order valence-corrected chi connectivity index (χ4v) is 1.37. The van der Waals surface area contributed by atoms with Gasteiger partial charge in [0.1, 0.15) is 0 Å². The van der Waals surface area contributed by atoms with Crippen LogP contribution in [-0.2, 0) is 0 Å². The molecule has 16 heavy (non-hydrogen) atoms. The number of ketones is 1. The van der Waals surface area contributed by atoms with E-state index in [1.807, 2.05) is 13.0 Å². The molecular formula is C13H14ClNO. The maximum absolute atomic E-state index is 10.9. The van der Waals surface area contributed by atoms with Crippen molar-refractivity contribution in [2.45, 2.75) is 26.7 Å². The molecule has 0 heterocycles. The number of nitriles is 1. The lowest BCUT2D eigenvalue weighted by molar-refractivity contribution is 0.101. The Kier molecular flexibility index (Phi) is 4.52. The minimum atomic E-state index is 0.0127. The first kappa shape index (κ1) is 12.7. The molecule has 1 fully saturated rings. The molecule has 0 amide bonds. The van der Waals surface area contributed by atoms with Crippen LogP contribution in [0.3, 0.4) is 0 Å². The molecule has 2 rings (SSSR count). The summed E-state index contributed by atoms with van der Waals surface area (Å²) in [5, 5.41) is 8.49. The largest absolute Gasteiger partial charge is 0.294 e. The second-order valence-electron chi connectivity index (χ2n) is 3.94. The Morgan fingerprint density at radius 3 is 2.44 bits per heavy atom. The van der Waals surface area contributed by atoms with Crippen LogP contribution in [0.25, 0.3) is 0 Å². The number of rotatable bonds is 1. The molecule has 1 aromatic rings. The monoisotopic (exact) mass is 235 g/mol. The van der Waals surface area contributed by atoms with Gasteiger partial charge in [0.25, 0.3) is 0 Å². The van der Waals surface area contributed by atoms with Crippen LogP contribution >= 0.6 is 11.6 Å². The molecule has 0 aromatic heterocycles. The van der Waals surface area contributed by atoms with Crippen molar-refractivity contribution in [2.75, 3.05) is 0 Å². The van der Waals surface area contributed by atoms with E-state index in [-0.39, 0.29) is 5.78 Å². The van der Waals surface area contributed by atoms with E-state index in [0.29, 0.717) is 16.5 Å². The molecule has 0 aliphatic heterocycles. The highest BCUT2D eigenvalue weighted by atomic mass is 35.5. The fraction of sp³-hybridized carbons (Fsp3) is 0.385. The summed E-state index contributed by atoms with van der Waals surface area (Å²) in [6.45, 7) is 3.45. The van der Waals surface area contributed by atoms with Gasteiger partial charge in [-0.15, -0.1) is 0 Å². The quantitative estimate of drug-likeness (QED) is 0.696. The zero-order valence-corrected chi connectivity index (χ0v) is 10.2. The average molecular weight is 236 g/mol. The third-order valence-corrected chi connectivity index (χ3v) is 2.59. The van der Waals surface area contributed by atoms with Gasteiger partial charge in [-0.3, -0.25) is 4.79 Å². The number of hydrogen-bond acceptors (Lipinski definition) is 2. The Balaban J connectivity index is 0.000000212. The summed E-state index contributed by atoms with van der Waals surface area (Å²) in [5.74, 6) is 0.452. The predicted octanol–water partition coefficient (Wildman–Crippen LogP) is 3.77. The Labute approximate surface area is 101 Å². The number of hydrogen-bond donors (Lipinski definition) is 0. The zero-order chi connectivity index (χ0) is 12.1. The molecule has 1 aliphatic rings. The number of aryl methyl sites for hydroxylation is 1. The average Bonchev–Trinajstić information content (AvgIpc) is 3.05. The molecule has 0 atom stereocenters. The van der Waals surface area contributed by atoms with Crippen molar-refractivity contribution >= 4 is 17.4 Å². The molecule has 0 spiro atoms. The summed E-state index contributed by atoms with van der Waals surface area (Å²) >= 11 is 5.77. The first-order valence-corrected chi connectivity index (χ1v) is 5.59. The Morgan fingerprint density at radius 1 is 1.50 bits per heavy atom. The number of benzene rings is 1. The van der Waals surface area contributed by atoms with Gasteiger partial charge in [0.05, 0.1) is 11.1 Å². The van der Waals surface area contributed by atoms with Gasteiger partial charge >= 0.3 is 0 Å². The van der Waals surface area contributed by atoms with E-state index in [2.05, 4.69) is 6.07 Å². The van der Waals surface area contributed by atoms with E-state index in [1.54, 1.807) is 12.1 Å². The van der Waals surface area contributed by atoms with Crippen molar-refractivity contribution < 1.29 is 4.79 Å². The lowest BCUT2D eigenvalue weighted by atomic mass is 10.1. The molecule has 0 N–H and O–H groups in total. The fourth-order valence-electron chi connectivity index (χ4n) is 1.12. The topological polar surface area (TPSA) is 40.9 Å². The summed E-state index contributed by atoms with van der Waals surface area (Å²) in [7, 11) is 0. The standard InChI is InChI=1S/C9H9ClO.C4H5N/c1-6-3-4-9(10)8(5-6)7(2)11;5-3-4-1-2-4/h3-5H,1-2H3;4H,1-2H2. The van der Waals surface area contributed by atoms with Crippen LogP contribution in [0.1, 0.15) is 35.7 Å². The van der Waals surface area contributed by atoms with E-state index in [4.69, 9.17) is 16.9 Å². The normalized spacial score (nSPS) is 13.4. The molecule has 1 aromatic carbocycles. The van der Waals surface area contributed by atoms with Crippen LogP contribution in [-0.4, -0.2) is 5.78 Å². The van der Waals surface area contributed by atoms with Gasteiger partial charge in [-0.2, -0.15) is 5.26 Å². The molecule has 3 heteroatoms. The second kappa shape index (κ2) is 5.67. The maximum Gasteiger partial charge on any atom is 0.161 e. The highest BCUT2D eigenvalue weighted by molar-refractivity contribution is 6.33. The Hall–Kier alpha value is -1.33. The summed E-state index contributed by atoms with van der Waals surface area (Å²) in [5.41, 5.74) is 1.66. The Bertz CT molecular complexity index is 430. The van der Waals surface area contributed by atoms with Gasteiger partial charge in [0.2, 0.25) is 0 Å². The summed E-state index contributed by atoms with van der Waals surface area (Å²) < 4.78 is 0. The Morgan fingerprint density at radius 2 is 2.12 bits per heavy atom. The summed E-state index contributed by atoms with van der Waals surface area (Å²) in [4.78, 5) is 10.9. The van der Waals surface area contributed by atoms with Gasteiger partial charge in [0, 0.05) is 11.5 Å². The number of halogens is 1. The second-order valence-corrected chi connectivity index (χ2v) is 4.35. The summed E-state index contributed by atoms with van der Waals surface area (Å²) in [6, 6.07) is 7.56. The van der Waals surface area contributed by atoms with E-state index in [1.165, 1.54) is 6.92 Å². The van der Waals surface area contributed by atoms with Crippen molar-refractivity contribution in [1.29, 1.82) is 5.26 Å². The molecule has 2 nitrogen and oxygen atoms in total. The molecule has 0 bridgehead atoms. The number of carbonyl (C=O) groups excluding carboxylic acids is 1. The van der Waals surface area contributed by atoms with Gasteiger partial charge in [0.15, 0.2) is 5.78 Å². The van der Waals surface area contributed by atoms with Crippen molar-refractivity contribution in [3.63, 3.8) is 0 Å². The van der Waals surface area contributed by atoms with Crippen LogP contribution in [0.4, 0.5) is 0 Å². The van der Waals surface area contributed by atoms with Crippen molar-refractivity contribution in [2.24, 2.45) is 5.92 Å². The molecule has 84 valence electrons. The highest BCUT2D eigenvalue weighted by Gasteiger charge is 2.19. The number of nitrogens with zero attached hydrogens (tertiary/aromatic N) is 1. The van der Waals surface area contributed by atoms with Gasteiger partial charge in [-0.05, 0) is 38.8 Å². The molecule has 1 saturated carbocycles. The van der Waals surface area contributed by atoms with Gasteiger partial charge < -0.3 is 0 Å². The third-order valence-electron chi connectivity index (χ3n) is 2.26. The minimum absolute atomic E-state index is 0.0127. The number of carbonyl (C=O) groups is 1. The first-order valence-electron chi connectivity index (χ1n) is 5.21. The predicted molar refractivity (Wildman–Crippen MR) is 64.5 cm³/mol. The number of Topliss-reactive ketones (excluding diaryl/α,β-unsaturated/α-hetero) is 1. The van der Waals surface area contributed by atoms with Crippen molar-refractivity contribution in [3.05, 3.63) is 34.3 Å². The van der Waals surface area contributed by atoms with Gasteiger partial charge in [-0.1, -0.05) is 23.2 Å². The van der Waals surface area contributed by atoms with Crippen LogP contribution in [0.2, 0.25) is 5.02 Å². The maximum atomic E-state index is 10.9. The zero-order valence-electron chi connectivity index (χ0n) is 9.46. The molecule has 0 saturated heterocycles. The third kappa shape index (κ3) is 4.04. The van der Waals surface area contributed by atoms with Crippen LogP contribution < -0.4 is 0 Å². The lowest BCUT2D eigenvalue weighted by Crippen LogP contribution is -1.93. The summed E-state index contributed by atoms with van der Waals surface area (Å²) in [6.07, 6.45) is 2.30. The molecule has 0 radical (unpaired) electrons. The van der Waals surface area contributed by atoms with Crippen LogP contribution in [0.5, 0.6) is 0 Å². The smallest absolute Gasteiger partial charge is 0.161 e. The molecular weight excluding hydrogens is 222 g/mol. The van der Waals surface area contributed by atoms with Gasteiger partial charge in [-0.25, -0.2) is 0 Å². The highest BCUT2D eigenvalue weighted by Crippen LogP contribution is 2.26. The van der Waals surface area contributed by atoms with Crippen molar-refractivity contribution in [3.8, 4) is 6.07 Å².